The zero-order valence-electron chi connectivity index (χ0n) is 43.1. The Labute approximate surface area is 492 Å². The van der Waals surface area contributed by atoms with Crippen molar-refractivity contribution in [1.29, 1.82) is 0 Å². The van der Waals surface area contributed by atoms with Gasteiger partial charge >= 0.3 is 5.97 Å². The highest BCUT2D eigenvalue weighted by atomic mass is 32.2. The summed E-state index contributed by atoms with van der Waals surface area (Å²) in [7, 11) is 0. The van der Waals surface area contributed by atoms with E-state index in [0.717, 1.165) is 68.2 Å². The summed E-state index contributed by atoms with van der Waals surface area (Å²) in [6.07, 6.45) is 6.07. The number of rotatable bonds is 13. The van der Waals surface area contributed by atoms with Gasteiger partial charge in [-0.2, -0.15) is 0 Å². The maximum atomic E-state index is 12.0. The SMILES string of the molecule is [C-]#[N+]/C(=C\c1sc(-c2sc(-c3sc(-c4sc(-c5sc(-c6sc(-c7ccc8c(c7)Sc7ccccc7N8CCCCCC)c7c6OCCO7)c6c5OCCO6)c5c4OCCO5)c4c3OCCO4)c3c2OCCO3)c2c1OCCO2)C(=O)O. The van der Waals surface area contributed by atoms with E-state index in [-0.39, 0.29) is 13.2 Å². The molecule has 0 fully saturated rings. The first-order valence-electron chi connectivity index (χ1n) is 26.5. The summed E-state index contributed by atoms with van der Waals surface area (Å²) >= 11 is 10.8. The Hall–Kier alpha value is -6.91. The fourth-order valence-electron chi connectivity index (χ4n) is 10.7. The number of nitrogens with zero attached hydrogens (tertiary/aromatic N) is 2. The molecular weight excluding hydrogens is 1170 g/mol. The second kappa shape index (κ2) is 21.1. The zero-order chi connectivity index (χ0) is 54.3. The molecule has 414 valence electrons. The first-order valence-corrected chi connectivity index (χ1v) is 32.2. The normalized spacial score (nSPS) is 16.1. The summed E-state index contributed by atoms with van der Waals surface area (Å²) in [4.78, 5) is 29.6. The summed E-state index contributed by atoms with van der Waals surface area (Å²) < 4.78 is 77.7. The first-order chi connectivity index (χ1) is 39.9. The van der Waals surface area contributed by atoms with Gasteiger partial charge in [0.25, 0.3) is 5.70 Å². The molecule has 23 heteroatoms. The van der Waals surface area contributed by atoms with E-state index in [2.05, 4.69) is 59.1 Å². The lowest BCUT2D eigenvalue weighted by Crippen LogP contribution is -2.22. The number of carbonyl (C=O) groups is 1. The van der Waals surface area contributed by atoms with Crippen LogP contribution in [0.3, 0.4) is 0 Å². The van der Waals surface area contributed by atoms with Crippen molar-refractivity contribution >= 4 is 103 Å². The highest BCUT2D eigenvalue weighted by Crippen LogP contribution is 2.69. The Morgan fingerprint density at radius 2 is 0.852 bits per heavy atom. The van der Waals surface area contributed by atoms with Gasteiger partial charge < -0.3 is 66.8 Å². The minimum atomic E-state index is -1.33. The lowest BCUT2D eigenvalue weighted by molar-refractivity contribution is -0.132. The number of fused-ring (bicyclic) bond motifs is 8. The molecule has 0 amide bonds. The van der Waals surface area contributed by atoms with Crippen molar-refractivity contribution in [3.8, 4) is 128 Å². The van der Waals surface area contributed by atoms with Crippen molar-refractivity contribution in [2.45, 2.75) is 42.4 Å². The molecule has 2 aromatic carbocycles. The molecule has 15 rings (SSSR count). The zero-order valence-corrected chi connectivity index (χ0v) is 48.9. The minimum absolute atomic E-state index is 0.269. The lowest BCUT2D eigenvalue weighted by Gasteiger charge is -2.33. The number of benzene rings is 2. The average molecular weight is 1220 g/mol. The smallest absolute Gasteiger partial charge is 0.333 e. The topological polar surface area (TPSA) is 156 Å². The summed E-state index contributed by atoms with van der Waals surface area (Å²) in [5, 5.41) is 9.75. The number of unbranched alkanes of at least 4 members (excludes halogenated alkanes) is 3. The predicted octanol–water partition coefficient (Wildman–Crippen LogP) is 15.2. The minimum Gasteiger partial charge on any atom is -0.486 e. The second-order valence-corrected chi connectivity index (χ2v) is 26.4. The van der Waals surface area contributed by atoms with Gasteiger partial charge in [-0.25, -0.2) is 4.85 Å². The van der Waals surface area contributed by atoms with E-state index in [1.54, 1.807) is 22.7 Å². The molecule has 0 bridgehead atoms. The number of hydrogen-bond donors (Lipinski definition) is 1. The molecule has 0 atom stereocenters. The van der Waals surface area contributed by atoms with Gasteiger partial charge in [-0.05, 0) is 42.3 Å². The van der Waals surface area contributed by atoms with Crippen LogP contribution in [0, 0.1) is 6.57 Å². The van der Waals surface area contributed by atoms with Crippen LogP contribution >= 0.6 is 79.8 Å². The summed E-state index contributed by atoms with van der Waals surface area (Å²) in [5.74, 6) is 5.64. The molecule has 7 aliphatic rings. The van der Waals surface area contributed by atoms with Gasteiger partial charge in [0.1, 0.15) is 79.3 Å². The molecule has 13 heterocycles. The van der Waals surface area contributed by atoms with Gasteiger partial charge in [0.15, 0.2) is 69.0 Å². The number of para-hydroxylation sites is 1. The molecule has 81 heavy (non-hydrogen) atoms. The highest BCUT2D eigenvalue weighted by molar-refractivity contribution is 7.99. The number of hydrogen-bond acceptors (Lipinski definition) is 21. The molecule has 1 N–H and O–H groups in total. The van der Waals surface area contributed by atoms with Crippen LogP contribution in [0.25, 0.3) is 70.1 Å². The summed E-state index contributed by atoms with van der Waals surface area (Å²) in [5.41, 5.74) is 3.09. The Bertz CT molecular complexity index is 3930. The van der Waals surface area contributed by atoms with Crippen LogP contribution in [0.2, 0.25) is 0 Å². The van der Waals surface area contributed by atoms with Gasteiger partial charge in [0.05, 0.1) is 76.5 Å². The first kappa shape index (κ1) is 51.0. The Morgan fingerprint density at radius 1 is 0.481 bits per heavy atom. The summed E-state index contributed by atoms with van der Waals surface area (Å²) in [6.45, 7) is 14.9. The van der Waals surface area contributed by atoms with E-state index >= 15 is 0 Å². The quantitative estimate of drug-likeness (QED) is 0.0660. The average Bonchev–Trinajstić information content (AvgIpc) is 3.53. The molecule has 0 saturated heterocycles. The van der Waals surface area contributed by atoms with E-state index in [1.165, 1.54) is 91.9 Å². The Balaban J connectivity index is 0.827. The molecule has 0 unspecified atom stereocenters. The van der Waals surface area contributed by atoms with E-state index in [9.17, 15) is 9.90 Å². The second-order valence-electron chi connectivity index (χ2n) is 19.1. The van der Waals surface area contributed by atoms with Gasteiger partial charge in [-0.3, -0.25) is 4.79 Å². The third-order valence-electron chi connectivity index (χ3n) is 14.2. The van der Waals surface area contributed by atoms with E-state index in [4.69, 9.17) is 63.4 Å². The molecule has 6 aromatic heterocycles. The van der Waals surface area contributed by atoms with Gasteiger partial charge in [-0.15, -0.1) is 68.0 Å². The molecule has 7 aliphatic heterocycles. The van der Waals surface area contributed by atoms with E-state index in [0.29, 0.717) is 144 Å². The lowest BCUT2D eigenvalue weighted by atomic mass is 10.1. The third kappa shape index (κ3) is 8.61. The maximum absolute atomic E-state index is 12.0. The van der Waals surface area contributed by atoms with Gasteiger partial charge in [0.2, 0.25) is 0 Å². The molecule has 0 saturated carbocycles. The molecule has 0 aliphatic carbocycles. The third-order valence-corrected chi connectivity index (χ3v) is 23.0. The largest absolute Gasteiger partial charge is 0.486 e. The van der Waals surface area contributed by atoms with Crippen LogP contribution in [0.1, 0.15) is 37.5 Å². The standard InChI is InChI=1S/C58H46N2O14S7/c1-3-4-5-8-13-60-30-9-6-7-10-32(30)75-33-26-28(11-12-31(33)60)47-37-38(66-17-16-65-37)50(77-47)51-41-42(70-21-20-69-41)54(79-51)55-45-46(74-25-24-73-45)57(81-55)56-44-43(71-22-23-72-44)53(80-56)52-40-39(67-18-19-68-40)49(78-52)48-36-35(63-14-15-64-36)34(76-48)27-29(59-2)58(61)62/h6-7,9-12,26-27H,3-5,8,13-25H2,1H3,(H,61,62)/b29-27-. The Kier molecular flexibility index (Phi) is 13.3. The molecule has 8 aromatic rings. The van der Waals surface area contributed by atoms with Crippen molar-refractivity contribution in [3.63, 3.8) is 0 Å². The Morgan fingerprint density at radius 3 is 1.27 bits per heavy atom. The number of aliphatic carboxylic acids is 1. The van der Waals surface area contributed by atoms with Crippen LogP contribution in [-0.2, 0) is 4.79 Å². The predicted molar refractivity (Wildman–Crippen MR) is 316 cm³/mol. The number of carboxylic acids is 1. The van der Waals surface area contributed by atoms with Gasteiger partial charge in [-0.1, -0.05) is 56.1 Å². The molecular formula is C58H46N2O14S7. The monoisotopic (exact) mass is 1220 g/mol. The fraction of sp³-hybridized carbons (Fsp3) is 0.310. The van der Waals surface area contributed by atoms with Crippen molar-refractivity contribution < 1.29 is 66.7 Å². The molecule has 0 spiro atoms. The van der Waals surface area contributed by atoms with Crippen molar-refractivity contribution in [2.75, 3.05) is 90.7 Å². The van der Waals surface area contributed by atoms with Crippen LogP contribution in [-0.4, -0.2) is 96.9 Å². The van der Waals surface area contributed by atoms with Crippen LogP contribution < -0.4 is 61.7 Å². The van der Waals surface area contributed by atoms with Crippen molar-refractivity contribution in [1.82, 2.24) is 0 Å². The maximum Gasteiger partial charge on any atom is 0.333 e. The number of ether oxygens (including phenoxy) is 12. The van der Waals surface area contributed by atoms with Crippen molar-refractivity contribution in [3.05, 3.63) is 64.5 Å². The van der Waals surface area contributed by atoms with E-state index in [1.807, 2.05) is 11.8 Å². The van der Waals surface area contributed by atoms with Crippen LogP contribution in [0.5, 0.6) is 69.0 Å². The fourth-order valence-corrected chi connectivity index (χ4v) is 19.5. The van der Waals surface area contributed by atoms with Crippen molar-refractivity contribution in [2.24, 2.45) is 0 Å². The van der Waals surface area contributed by atoms with Crippen LogP contribution in [0.4, 0.5) is 11.4 Å². The number of anilines is 2. The molecule has 16 nitrogen and oxygen atoms in total. The number of carboxylic acid groups (broad SMARTS) is 1. The van der Waals surface area contributed by atoms with Gasteiger partial charge in [0, 0.05) is 16.3 Å². The molecule has 0 radical (unpaired) electrons. The highest BCUT2D eigenvalue weighted by Gasteiger charge is 2.41. The van der Waals surface area contributed by atoms with Crippen LogP contribution in [0.15, 0.2) is 58.0 Å². The summed E-state index contributed by atoms with van der Waals surface area (Å²) in [6, 6.07) is 15.5. The number of thiophene rings is 6. The van der Waals surface area contributed by atoms with E-state index < -0.39 is 11.7 Å².